The zero-order valence-electron chi connectivity index (χ0n) is 59.9. The molecule has 17 heteroatoms. The van der Waals surface area contributed by atoms with Gasteiger partial charge < -0.3 is 27.9 Å². The van der Waals surface area contributed by atoms with E-state index < -0.39 is 30.7 Å². The van der Waals surface area contributed by atoms with Crippen molar-refractivity contribution in [3.8, 4) is 46.0 Å². The lowest BCUT2D eigenvalue weighted by atomic mass is 9.78. The summed E-state index contributed by atoms with van der Waals surface area (Å²) in [5, 5.41) is 8.46. The van der Waals surface area contributed by atoms with Crippen molar-refractivity contribution in [2.75, 3.05) is 0 Å². The maximum Gasteiger partial charge on any atom is 0.528 e. The lowest BCUT2D eigenvalue weighted by Crippen LogP contribution is -2.63. The summed E-state index contributed by atoms with van der Waals surface area (Å²) in [5.41, 5.74) is 6.27. The Morgan fingerprint density at radius 2 is 0.629 bits per heavy atom. The number of carbonyl (C=O) groups is 4. The molecule has 1 N–H and O–H groups in total. The summed E-state index contributed by atoms with van der Waals surface area (Å²) in [6.45, 7) is 25.7. The zero-order chi connectivity index (χ0) is 72.4. The second-order valence-corrected chi connectivity index (χ2v) is 32.1. The van der Waals surface area contributed by atoms with Crippen LogP contribution in [-0.4, -0.2) is 56.2 Å². The van der Waals surface area contributed by atoms with Crippen LogP contribution in [0.15, 0.2) is 214 Å². The Hall–Kier alpha value is -12.5. The molecule has 0 saturated heterocycles. The number of fused-ring (bicyclic) bond motifs is 12. The molecular formula is C88H69BN8O8. The van der Waals surface area contributed by atoms with Crippen LogP contribution in [0.2, 0.25) is 0 Å². The van der Waals surface area contributed by atoms with Crippen molar-refractivity contribution in [2.45, 2.75) is 105 Å². The van der Waals surface area contributed by atoms with Crippen LogP contribution in [0, 0.1) is 0 Å². The molecule has 512 valence electrons. The number of hydrogen-bond acceptors (Lipinski definition) is 12. The molecule has 4 bridgehead atoms. The highest BCUT2D eigenvalue weighted by Crippen LogP contribution is 2.58. The lowest BCUT2D eigenvalue weighted by molar-refractivity contribution is 0.0709. The van der Waals surface area contributed by atoms with Gasteiger partial charge in [0.15, 0.2) is 11.7 Å². The van der Waals surface area contributed by atoms with E-state index >= 15 is 9.59 Å². The molecule has 0 atom stereocenters. The summed E-state index contributed by atoms with van der Waals surface area (Å²) in [5.74, 6) is 1.52. The van der Waals surface area contributed by atoms with Crippen LogP contribution in [0.25, 0.3) is 64.6 Å². The molecule has 0 fully saturated rings. The van der Waals surface area contributed by atoms with Gasteiger partial charge in [-0.2, -0.15) is 0 Å². The minimum absolute atomic E-state index is 0.102. The molecule has 0 radical (unpaired) electrons. The third-order valence-electron chi connectivity index (χ3n) is 21.3. The van der Waals surface area contributed by atoms with Gasteiger partial charge in [-0.05, 0) is 117 Å². The van der Waals surface area contributed by atoms with Crippen molar-refractivity contribution in [1.82, 2.24) is 19.1 Å². The lowest BCUT2D eigenvalue weighted by Gasteiger charge is -2.35. The number of rotatable bonds is 9. The number of nitrogens with one attached hydrogen (secondary N) is 1. The number of benzene rings is 12. The monoisotopic (exact) mass is 1380 g/mol. The first-order chi connectivity index (χ1) is 50.2. The zero-order valence-corrected chi connectivity index (χ0v) is 59.9. The van der Waals surface area contributed by atoms with Crippen LogP contribution in [-0.2, 0) is 21.7 Å². The van der Waals surface area contributed by atoms with E-state index in [0.717, 1.165) is 44.2 Å². The Kier molecular flexibility index (Phi) is 13.3. The van der Waals surface area contributed by atoms with E-state index in [2.05, 4.69) is 88.4 Å². The van der Waals surface area contributed by atoms with E-state index in [0.29, 0.717) is 106 Å². The van der Waals surface area contributed by atoms with Gasteiger partial charge in [-0.1, -0.05) is 204 Å². The van der Waals surface area contributed by atoms with Gasteiger partial charge >= 0.3 is 7.12 Å². The normalized spacial score (nSPS) is 14.7. The number of aliphatic imine (C=N–C) groups is 2. The van der Waals surface area contributed by atoms with Gasteiger partial charge in [-0.25, -0.2) is 20.0 Å². The average Bonchev–Trinajstić information content (AvgIpc) is 0.829. The highest BCUT2D eigenvalue weighted by molar-refractivity contribution is 6.64. The van der Waals surface area contributed by atoms with Crippen molar-refractivity contribution in [3.63, 3.8) is 0 Å². The van der Waals surface area contributed by atoms with Gasteiger partial charge in [0.1, 0.15) is 68.6 Å². The molecule has 19 rings (SSSR count). The third-order valence-corrected chi connectivity index (χ3v) is 21.3. The topological polar surface area (TPSA) is 180 Å². The Morgan fingerprint density at radius 3 is 1.00 bits per heavy atom. The summed E-state index contributed by atoms with van der Waals surface area (Å²) < 4.78 is 33.3. The summed E-state index contributed by atoms with van der Waals surface area (Å²) >= 11 is 0. The summed E-state index contributed by atoms with van der Waals surface area (Å²) in [7, 11) is -1.37. The first kappa shape index (κ1) is 63.4. The van der Waals surface area contributed by atoms with Gasteiger partial charge in [0, 0.05) is 75.8 Å². The Labute approximate surface area is 604 Å². The number of nitrogens with zero attached hydrogens (tertiary/aromatic N) is 7. The van der Waals surface area contributed by atoms with Crippen LogP contribution in [0.4, 0.5) is 11.6 Å². The van der Waals surface area contributed by atoms with Crippen LogP contribution in [0.3, 0.4) is 0 Å². The number of aromatic nitrogens is 2. The molecule has 0 aliphatic carbocycles. The van der Waals surface area contributed by atoms with Gasteiger partial charge in [0.2, 0.25) is 0 Å². The number of ether oxygens (including phenoxy) is 4. The molecular weight excluding hydrogens is 1310 g/mol. The predicted octanol–water partition coefficient (Wildman–Crippen LogP) is 19.3. The van der Waals surface area contributed by atoms with E-state index in [1.807, 2.05) is 179 Å². The van der Waals surface area contributed by atoms with E-state index in [1.165, 1.54) is 4.81 Å². The van der Waals surface area contributed by atoms with E-state index in [9.17, 15) is 9.59 Å². The minimum Gasteiger partial charge on any atom is -0.457 e. The predicted molar refractivity (Wildman–Crippen MR) is 412 cm³/mol. The molecule has 0 unspecified atom stereocenters. The Balaban J connectivity index is 0.976. The summed E-state index contributed by atoms with van der Waals surface area (Å²) in [6.07, 6.45) is 0. The molecule has 14 aromatic rings. The maximum atomic E-state index is 17.5. The fourth-order valence-corrected chi connectivity index (χ4v) is 15.9. The number of amides is 4. The van der Waals surface area contributed by atoms with Crippen LogP contribution in [0.1, 0.15) is 158 Å². The van der Waals surface area contributed by atoms with Gasteiger partial charge in [0.05, 0.1) is 22.3 Å². The first-order valence-electron chi connectivity index (χ1n) is 35.4. The van der Waals surface area contributed by atoms with Crippen molar-refractivity contribution >= 4 is 119 Å². The van der Waals surface area contributed by atoms with E-state index in [4.69, 9.17) is 38.9 Å². The number of carbonyl (C=O) groups excluding carboxylic acids is 4. The maximum absolute atomic E-state index is 17.5. The van der Waals surface area contributed by atoms with Gasteiger partial charge in [-0.15, -0.1) is 0 Å². The Bertz CT molecular complexity index is 6230. The first-order valence-corrected chi connectivity index (χ1v) is 35.4. The second-order valence-electron chi connectivity index (χ2n) is 32.1. The molecule has 0 spiro atoms. The highest BCUT2D eigenvalue weighted by atomic mass is 16.5. The summed E-state index contributed by atoms with van der Waals surface area (Å²) in [4.78, 5) is 87.9. The fourth-order valence-electron chi connectivity index (χ4n) is 15.9. The largest absolute Gasteiger partial charge is 0.528 e. The third kappa shape index (κ3) is 9.59. The van der Waals surface area contributed by atoms with Gasteiger partial charge in [0.25, 0.3) is 23.6 Å². The molecule has 0 saturated carbocycles. The molecule has 12 aromatic carbocycles. The molecule has 5 aliphatic heterocycles. The van der Waals surface area contributed by atoms with Crippen LogP contribution >= 0.6 is 0 Å². The van der Waals surface area contributed by atoms with Crippen molar-refractivity contribution in [3.05, 3.63) is 261 Å². The average molecular weight is 1380 g/mol. The molecule has 105 heavy (non-hydrogen) atoms. The highest BCUT2D eigenvalue weighted by Gasteiger charge is 2.50. The summed E-state index contributed by atoms with van der Waals surface area (Å²) in [6, 6.07) is 61.7. The van der Waals surface area contributed by atoms with Crippen LogP contribution in [0.5, 0.6) is 46.0 Å². The van der Waals surface area contributed by atoms with E-state index in [1.54, 1.807) is 24.3 Å². The molecule has 16 nitrogen and oxygen atoms in total. The second kappa shape index (κ2) is 22.0. The van der Waals surface area contributed by atoms with Crippen molar-refractivity contribution in [2.24, 2.45) is 20.0 Å². The molecule has 2 aromatic heterocycles. The fraction of sp³-hybridized carbons (Fsp3) is 0.182. The van der Waals surface area contributed by atoms with Gasteiger partial charge in [-0.3, -0.25) is 29.3 Å². The molecule has 5 aliphatic rings. The molecule has 7 heterocycles. The quantitative estimate of drug-likeness (QED) is 0.0641. The molecule has 4 amide bonds. The number of hydrogen-bond donors (Lipinski definition) is 1. The smallest absolute Gasteiger partial charge is 0.457 e. The number of amidine groups is 2. The van der Waals surface area contributed by atoms with E-state index in [-0.39, 0.29) is 72.3 Å². The van der Waals surface area contributed by atoms with Crippen LogP contribution < -0.4 is 35.2 Å². The standard InChI is InChI=1S/C88H69BN8O8/c1-85(2,3)45-25-33-49(34-26-45)102-63-41-59-67-60(82(99)94-81(59)98)42-64(103-50-35-27-46(28-36-50)86(4,5)6)70-72-66(105-52-39-31-48(32-40-52)88(10,11)12)44-62-68-61(43-65(71(74(68)72)69(63)73(67)70)104-51-37-29-47(30-38-51)87(7,8)9)83(100)97(84(62)101)89-95-77-55-21-15-17-23-57(55)79(95)93-80-58-24-18-16-22-56(58)78(96(80)89)92-76-54-20-14-13-19-53(54)75(90-76)91-77/h13-44H,1-12H3,(H,94,98,99). The van der Waals surface area contributed by atoms with Crippen molar-refractivity contribution in [1.29, 1.82) is 0 Å². The van der Waals surface area contributed by atoms with Crippen molar-refractivity contribution < 1.29 is 38.1 Å². The minimum atomic E-state index is -1.37. The number of imide groups is 2. The SMILES string of the molecule is CC(C)(C)c1ccc(Oc2cc3c4c(cc(Oc5ccc(C(C)(C)C)cc5)c5c6c(Oc7ccc(C(C)(C)C)cc7)cc7c8c(cc(Oc9ccc(C(C)(C)C)cc9)c(c2c45)c86)C(=O)N(B2n4c5c6ccccc6c4N=c4c6ccccc6c(n42)=NC2=NC(=N5)c4ccccc42)C7=O)C(=O)NC3=O)cc1. The Morgan fingerprint density at radius 1 is 0.314 bits per heavy atom.